The molecule has 0 radical (unpaired) electrons. The smallest absolute Gasteiger partial charge is 0.326 e. The first-order chi connectivity index (χ1) is 14.8. The SMILES string of the molecule is O=C(O)[C@H](CCN1CCC2(CC2)[C@H](O)C1)N1CCN(c2ccc(Cl)c(Cl)c2)CCC1=O. The minimum absolute atomic E-state index is 0.122. The van der Waals surface area contributed by atoms with Crippen LogP contribution in [0.2, 0.25) is 10.0 Å². The van der Waals surface area contributed by atoms with Gasteiger partial charge in [-0.2, -0.15) is 0 Å². The summed E-state index contributed by atoms with van der Waals surface area (Å²) in [5, 5.41) is 21.2. The number of nitrogens with zero attached hydrogens (tertiary/aromatic N) is 3. The van der Waals surface area contributed by atoms with Gasteiger partial charge in [0.05, 0.1) is 16.1 Å². The Balaban J connectivity index is 1.37. The Hall–Kier alpha value is -1.54. The molecule has 2 aliphatic heterocycles. The van der Waals surface area contributed by atoms with E-state index in [0.717, 1.165) is 31.5 Å². The number of rotatable bonds is 6. The van der Waals surface area contributed by atoms with E-state index < -0.39 is 12.0 Å². The number of piperidine rings is 1. The van der Waals surface area contributed by atoms with Crippen molar-refractivity contribution in [2.75, 3.05) is 44.2 Å². The van der Waals surface area contributed by atoms with Crippen molar-refractivity contribution in [1.29, 1.82) is 0 Å². The lowest BCUT2D eigenvalue weighted by Gasteiger charge is -2.37. The minimum Gasteiger partial charge on any atom is -0.480 e. The second-order valence-electron chi connectivity index (χ2n) is 8.99. The molecular weight excluding hydrogens is 441 g/mol. The molecule has 2 N–H and O–H groups in total. The molecule has 1 aromatic carbocycles. The van der Waals surface area contributed by atoms with Crippen molar-refractivity contribution in [3.05, 3.63) is 28.2 Å². The van der Waals surface area contributed by atoms with Crippen molar-refractivity contribution in [3.63, 3.8) is 0 Å². The maximum atomic E-state index is 12.8. The number of aliphatic hydroxyl groups is 1. The maximum Gasteiger partial charge on any atom is 0.326 e. The number of carbonyl (C=O) groups is 2. The highest BCUT2D eigenvalue weighted by Crippen LogP contribution is 2.53. The fourth-order valence-electron chi connectivity index (χ4n) is 4.85. The van der Waals surface area contributed by atoms with Gasteiger partial charge >= 0.3 is 5.97 Å². The zero-order valence-electron chi connectivity index (χ0n) is 17.5. The molecule has 31 heavy (non-hydrogen) atoms. The molecule has 2 heterocycles. The number of anilines is 1. The molecule has 3 fully saturated rings. The molecule has 170 valence electrons. The summed E-state index contributed by atoms with van der Waals surface area (Å²) in [6, 6.07) is 4.49. The standard InChI is InChI=1S/C22H29Cl2N3O4/c23-16-2-1-15(13-17(16)24)26-9-4-20(29)27(12-11-26)18(21(30)31)3-8-25-10-7-22(5-6-22)19(28)14-25/h1-2,13,18-19,28H,3-12,14H2,(H,30,31)/t18-,19+/m0/s1. The number of likely N-dealkylation sites (tertiary alicyclic amines) is 1. The monoisotopic (exact) mass is 469 g/mol. The number of amides is 1. The molecule has 0 aromatic heterocycles. The lowest BCUT2D eigenvalue weighted by Crippen LogP contribution is -2.50. The van der Waals surface area contributed by atoms with E-state index in [9.17, 15) is 19.8 Å². The largest absolute Gasteiger partial charge is 0.480 e. The molecule has 2 atom stereocenters. The number of halogens is 2. The van der Waals surface area contributed by atoms with Gasteiger partial charge in [0.25, 0.3) is 0 Å². The molecule has 3 aliphatic rings. The summed E-state index contributed by atoms with van der Waals surface area (Å²) in [6.07, 6.45) is 3.42. The summed E-state index contributed by atoms with van der Waals surface area (Å²) in [6.45, 7) is 3.39. The van der Waals surface area contributed by atoms with Crippen LogP contribution in [0, 0.1) is 5.41 Å². The summed E-state index contributed by atoms with van der Waals surface area (Å²) in [4.78, 5) is 30.5. The first-order valence-electron chi connectivity index (χ1n) is 10.9. The number of aliphatic hydroxyl groups excluding tert-OH is 1. The zero-order valence-corrected chi connectivity index (χ0v) is 19.0. The van der Waals surface area contributed by atoms with Gasteiger partial charge in [-0.25, -0.2) is 4.79 Å². The van der Waals surface area contributed by atoms with Crippen LogP contribution >= 0.6 is 23.2 Å². The Morgan fingerprint density at radius 1 is 1.13 bits per heavy atom. The van der Waals surface area contributed by atoms with Gasteiger partial charge < -0.3 is 24.9 Å². The van der Waals surface area contributed by atoms with Gasteiger partial charge in [0, 0.05) is 44.8 Å². The summed E-state index contributed by atoms with van der Waals surface area (Å²) in [7, 11) is 0. The van der Waals surface area contributed by atoms with Crippen LogP contribution in [0.25, 0.3) is 0 Å². The van der Waals surface area contributed by atoms with E-state index >= 15 is 0 Å². The number of benzene rings is 1. The van der Waals surface area contributed by atoms with Crippen LogP contribution in [-0.2, 0) is 9.59 Å². The average molecular weight is 470 g/mol. The molecule has 1 aromatic rings. The van der Waals surface area contributed by atoms with E-state index in [1.165, 1.54) is 4.90 Å². The Kier molecular flexibility index (Phi) is 6.68. The molecule has 7 nitrogen and oxygen atoms in total. The van der Waals surface area contributed by atoms with Crippen LogP contribution in [0.5, 0.6) is 0 Å². The third-order valence-corrected chi connectivity index (χ3v) is 7.87. The van der Waals surface area contributed by atoms with Gasteiger partial charge in [-0.3, -0.25) is 4.79 Å². The van der Waals surface area contributed by atoms with Gasteiger partial charge in [-0.1, -0.05) is 23.2 Å². The first-order valence-corrected chi connectivity index (χ1v) is 11.7. The number of β-amino-alcohol motifs (C(OH)–C–C–N with tert-alkyl or cyclic N) is 1. The number of hydrogen-bond donors (Lipinski definition) is 2. The summed E-state index contributed by atoms with van der Waals surface area (Å²) in [5.74, 6) is -1.13. The number of aliphatic carboxylic acids is 1. The van der Waals surface area contributed by atoms with Crippen molar-refractivity contribution < 1.29 is 19.8 Å². The lowest BCUT2D eigenvalue weighted by molar-refractivity contribution is -0.150. The van der Waals surface area contributed by atoms with Crippen LogP contribution in [-0.4, -0.2) is 83.3 Å². The molecule has 2 saturated heterocycles. The van der Waals surface area contributed by atoms with Crippen LogP contribution in [0.3, 0.4) is 0 Å². The van der Waals surface area contributed by atoms with Gasteiger partial charge in [0.2, 0.25) is 5.91 Å². The minimum atomic E-state index is -0.979. The molecule has 1 amide bonds. The summed E-state index contributed by atoms with van der Waals surface area (Å²) < 4.78 is 0. The molecular formula is C22H29Cl2N3O4. The second kappa shape index (κ2) is 9.14. The summed E-state index contributed by atoms with van der Waals surface area (Å²) in [5.41, 5.74) is 0.990. The lowest BCUT2D eigenvalue weighted by atomic mass is 9.90. The first kappa shape index (κ1) is 22.6. The number of carboxylic acid groups (broad SMARTS) is 1. The molecule has 1 saturated carbocycles. The average Bonchev–Trinajstić information content (AvgIpc) is 3.53. The van der Waals surface area contributed by atoms with Crippen LogP contribution in [0.15, 0.2) is 18.2 Å². The Morgan fingerprint density at radius 3 is 2.55 bits per heavy atom. The van der Waals surface area contributed by atoms with Crippen LogP contribution < -0.4 is 4.90 Å². The van der Waals surface area contributed by atoms with Crippen molar-refractivity contribution >= 4 is 40.8 Å². The Morgan fingerprint density at radius 2 is 1.90 bits per heavy atom. The van der Waals surface area contributed by atoms with E-state index in [1.807, 2.05) is 11.0 Å². The van der Waals surface area contributed by atoms with Gasteiger partial charge in [-0.05, 0) is 55.8 Å². The van der Waals surface area contributed by atoms with Crippen LogP contribution in [0.4, 0.5) is 5.69 Å². The molecule has 1 aliphatic carbocycles. The summed E-state index contributed by atoms with van der Waals surface area (Å²) >= 11 is 12.1. The van der Waals surface area contributed by atoms with Gasteiger partial charge in [0.1, 0.15) is 6.04 Å². The highest BCUT2D eigenvalue weighted by Gasteiger charge is 2.51. The van der Waals surface area contributed by atoms with E-state index in [-0.39, 0.29) is 23.8 Å². The van der Waals surface area contributed by atoms with Crippen LogP contribution in [0.1, 0.15) is 32.1 Å². The quantitative estimate of drug-likeness (QED) is 0.666. The van der Waals surface area contributed by atoms with E-state index in [2.05, 4.69) is 4.90 Å². The maximum absolute atomic E-state index is 12.8. The highest BCUT2D eigenvalue weighted by atomic mass is 35.5. The Bertz CT molecular complexity index is 848. The van der Waals surface area contributed by atoms with E-state index in [0.29, 0.717) is 49.2 Å². The van der Waals surface area contributed by atoms with Crippen molar-refractivity contribution in [2.24, 2.45) is 5.41 Å². The third kappa shape index (κ3) is 4.95. The third-order valence-electron chi connectivity index (χ3n) is 7.13. The number of hydrogen-bond acceptors (Lipinski definition) is 5. The molecule has 4 rings (SSSR count). The Labute approximate surface area is 192 Å². The van der Waals surface area contributed by atoms with Crippen molar-refractivity contribution in [3.8, 4) is 0 Å². The fourth-order valence-corrected chi connectivity index (χ4v) is 5.14. The molecule has 0 unspecified atom stereocenters. The number of carbonyl (C=O) groups excluding carboxylic acids is 1. The highest BCUT2D eigenvalue weighted by molar-refractivity contribution is 6.42. The van der Waals surface area contributed by atoms with E-state index in [1.54, 1.807) is 12.1 Å². The molecule has 9 heteroatoms. The van der Waals surface area contributed by atoms with Crippen molar-refractivity contribution in [1.82, 2.24) is 9.80 Å². The van der Waals surface area contributed by atoms with Crippen molar-refractivity contribution in [2.45, 2.75) is 44.2 Å². The predicted molar refractivity (Wildman–Crippen MR) is 120 cm³/mol. The second-order valence-corrected chi connectivity index (χ2v) is 9.81. The normalized spacial score (nSPS) is 24.9. The van der Waals surface area contributed by atoms with E-state index in [4.69, 9.17) is 23.2 Å². The molecule has 1 spiro atoms. The van der Waals surface area contributed by atoms with Gasteiger partial charge in [-0.15, -0.1) is 0 Å². The number of carboxylic acids is 1. The zero-order chi connectivity index (χ0) is 22.2. The fraction of sp³-hybridized carbons (Fsp3) is 0.636. The van der Waals surface area contributed by atoms with Gasteiger partial charge in [0.15, 0.2) is 0 Å². The molecule has 0 bridgehead atoms. The topological polar surface area (TPSA) is 84.3 Å². The predicted octanol–water partition coefficient (Wildman–Crippen LogP) is 2.72.